The minimum Gasteiger partial charge on any atom is -0.453 e. The van der Waals surface area contributed by atoms with Crippen LogP contribution in [0.5, 0.6) is 0 Å². The summed E-state index contributed by atoms with van der Waals surface area (Å²) in [5, 5.41) is 11.4. The van der Waals surface area contributed by atoms with Crippen LogP contribution in [0.2, 0.25) is 0 Å². The van der Waals surface area contributed by atoms with Crippen LogP contribution in [0, 0.1) is 0 Å². The Kier molecular flexibility index (Phi) is 4.74. The first-order valence-electron chi connectivity index (χ1n) is 5.53. The zero-order chi connectivity index (χ0) is 14.5. The lowest BCUT2D eigenvalue weighted by Crippen LogP contribution is -2.35. The first-order valence-corrected chi connectivity index (χ1v) is 7.29. The van der Waals surface area contributed by atoms with Crippen molar-refractivity contribution in [3.63, 3.8) is 0 Å². The van der Waals surface area contributed by atoms with Crippen molar-refractivity contribution in [3.05, 3.63) is 17.5 Å². The molecular weight excluding hydrogens is 302 g/mol. The number of aromatic nitrogens is 2. The summed E-state index contributed by atoms with van der Waals surface area (Å²) in [4.78, 5) is 23.4. The van der Waals surface area contributed by atoms with Crippen LogP contribution in [0.4, 0.5) is 4.79 Å². The van der Waals surface area contributed by atoms with E-state index >= 15 is 0 Å². The molecule has 2 rings (SSSR count). The lowest BCUT2D eigenvalue weighted by atomic mass is 10.4. The highest BCUT2D eigenvalue weighted by atomic mass is 32.2. The number of nitrogens with zero attached hydrogens (tertiary/aromatic N) is 2. The molecule has 2 aromatic heterocycles. The van der Waals surface area contributed by atoms with Gasteiger partial charge in [-0.05, 0) is 18.4 Å². The number of alkyl carbamates (subject to hydrolysis) is 1. The van der Waals surface area contributed by atoms with Crippen molar-refractivity contribution >= 4 is 35.1 Å². The third-order valence-corrected chi connectivity index (χ3v) is 3.99. The number of thiophene rings is 1. The van der Waals surface area contributed by atoms with E-state index in [-0.39, 0.29) is 5.22 Å². The maximum atomic E-state index is 11.6. The Morgan fingerprint density at radius 2 is 2.30 bits per heavy atom. The molecular formula is C11H11N3O4S2. The summed E-state index contributed by atoms with van der Waals surface area (Å²) >= 11 is 2.55. The molecule has 0 saturated heterocycles. The summed E-state index contributed by atoms with van der Waals surface area (Å²) in [5.74, 6) is -0.0826. The Hall–Kier alpha value is -1.87. The van der Waals surface area contributed by atoms with Crippen LogP contribution in [0.25, 0.3) is 10.8 Å². The highest BCUT2D eigenvalue weighted by Gasteiger charge is 2.20. The number of hydrogen-bond acceptors (Lipinski definition) is 8. The van der Waals surface area contributed by atoms with Crippen LogP contribution < -0.4 is 5.32 Å². The second-order valence-corrected chi connectivity index (χ2v) is 5.83. The first-order chi connectivity index (χ1) is 9.60. The van der Waals surface area contributed by atoms with E-state index in [9.17, 15) is 9.59 Å². The van der Waals surface area contributed by atoms with Gasteiger partial charge in [-0.15, -0.1) is 21.5 Å². The Balaban J connectivity index is 1.96. The molecule has 0 aliphatic carbocycles. The van der Waals surface area contributed by atoms with Gasteiger partial charge in [-0.1, -0.05) is 17.8 Å². The van der Waals surface area contributed by atoms with Gasteiger partial charge in [-0.3, -0.25) is 10.1 Å². The molecule has 0 fully saturated rings. The number of nitrogens with one attached hydrogen (secondary N) is 1. The molecule has 7 nitrogen and oxygen atoms in total. The van der Waals surface area contributed by atoms with Gasteiger partial charge in [-0.2, -0.15) is 0 Å². The number of rotatable bonds is 4. The third-order valence-electron chi connectivity index (χ3n) is 2.20. The topological polar surface area (TPSA) is 94.3 Å². The van der Waals surface area contributed by atoms with Gasteiger partial charge >= 0.3 is 6.09 Å². The molecule has 106 valence electrons. The van der Waals surface area contributed by atoms with Crippen LogP contribution in [-0.2, 0) is 9.53 Å². The van der Waals surface area contributed by atoms with Crippen molar-refractivity contribution in [1.29, 1.82) is 0 Å². The quantitative estimate of drug-likeness (QED) is 0.864. The lowest BCUT2D eigenvalue weighted by molar-refractivity contribution is -0.119. The van der Waals surface area contributed by atoms with E-state index in [4.69, 9.17) is 4.42 Å². The molecule has 0 aromatic carbocycles. The number of ether oxygens (including phenoxy) is 1. The van der Waals surface area contributed by atoms with E-state index in [0.717, 1.165) is 16.6 Å². The molecule has 0 aliphatic rings. The second kappa shape index (κ2) is 6.53. The fourth-order valence-corrected chi connectivity index (χ4v) is 2.54. The van der Waals surface area contributed by atoms with Crippen molar-refractivity contribution < 1.29 is 18.7 Å². The Bertz CT molecular complexity index is 597. The van der Waals surface area contributed by atoms with Gasteiger partial charge in [0.2, 0.25) is 5.91 Å². The number of imide groups is 1. The number of thioether (sulfide) groups is 1. The predicted octanol–water partition coefficient (Wildman–Crippen LogP) is 2.16. The van der Waals surface area contributed by atoms with Gasteiger partial charge in [0.25, 0.3) is 11.1 Å². The molecule has 2 heterocycles. The second-order valence-electron chi connectivity index (χ2n) is 3.59. The fraction of sp³-hybridized carbons (Fsp3) is 0.273. The minimum atomic E-state index is -0.799. The monoisotopic (exact) mass is 313 g/mol. The standard InChI is InChI=1S/C11H11N3O4S2/c1-6(8(15)12-10(16)17-2)20-11-14-13-9(18-11)7-4-3-5-19-7/h3-6H,1-2H3,(H,12,15,16)/t6-/m0/s1. The third kappa shape index (κ3) is 3.58. The highest BCUT2D eigenvalue weighted by Crippen LogP contribution is 2.28. The summed E-state index contributed by atoms with van der Waals surface area (Å²) in [6.07, 6.45) is -0.799. The Morgan fingerprint density at radius 3 is 2.95 bits per heavy atom. The molecule has 9 heteroatoms. The molecule has 0 spiro atoms. The lowest BCUT2D eigenvalue weighted by Gasteiger charge is -2.07. The van der Waals surface area contributed by atoms with E-state index in [2.05, 4.69) is 20.3 Å². The van der Waals surface area contributed by atoms with Crippen molar-refractivity contribution in [3.8, 4) is 10.8 Å². The molecule has 0 aliphatic heterocycles. The van der Waals surface area contributed by atoms with Gasteiger partial charge in [-0.25, -0.2) is 4.79 Å². The number of amides is 2. The van der Waals surface area contributed by atoms with E-state index in [1.807, 2.05) is 17.5 Å². The maximum Gasteiger partial charge on any atom is 0.413 e. The van der Waals surface area contributed by atoms with Crippen molar-refractivity contribution in [2.24, 2.45) is 0 Å². The summed E-state index contributed by atoms with van der Waals surface area (Å²) in [7, 11) is 1.19. The zero-order valence-electron chi connectivity index (χ0n) is 10.7. The zero-order valence-corrected chi connectivity index (χ0v) is 12.3. The summed E-state index contributed by atoms with van der Waals surface area (Å²) in [5.41, 5.74) is 0. The summed E-state index contributed by atoms with van der Waals surface area (Å²) in [6, 6.07) is 3.74. The minimum absolute atomic E-state index is 0.265. The first kappa shape index (κ1) is 14.5. The van der Waals surface area contributed by atoms with Gasteiger partial charge < -0.3 is 9.15 Å². The predicted molar refractivity (Wildman–Crippen MR) is 73.5 cm³/mol. The van der Waals surface area contributed by atoms with Gasteiger partial charge in [0.1, 0.15) is 0 Å². The maximum absolute atomic E-state index is 11.6. The molecule has 1 atom stereocenters. The fourth-order valence-electron chi connectivity index (χ4n) is 1.22. The summed E-state index contributed by atoms with van der Waals surface area (Å²) in [6.45, 7) is 1.62. The molecule has 0 unspecified atom stereocenters. The SMILES string of the molecule is COC(=O)NC(=O)[C@H](C)Sc1nnc(-c2cccs2)o1. The van der Waals surface area contributed by atoms with Crippen LogP contribution >= 0.6 is 23.1 Å². The van der Waals surface area contributed by atoms with Crippen LogP contribution in [0.1, 0.15) is 6.92 Å². The number of carbonyl (C=O) groups excluding carboxylic acids is 2. The number of methoxy groups -OCH3 is 1. The normalized spacial score (nSPS) is 11.9. The average Bonchev–Trinajstić information content (AvgIpc) is 3.08. The van der Waals surface area contributed by atoms with E-state index in [1.54, 1.807) is 6.92 Å². The largest absolute Gasteiger partial charge is 0.453 e. The smallest absolute Gasteiger partial charge is 0.413 e. The van der Waals surface area contributed by atoms with E-state index in [1.165, 1.54) is 18.4 Å². The Morgan fingerprint density at radius 1 is 1.50 bits per heavy atom. The van der Waals surface area contributed by atoms with Crippen molar-refractivity contribution in [2.75, 3.05) is 7.11 Å². The molecule has 2 aromatic rings. The molecule has 20 heavy (non-hydrogen) atoms. The van der Waals surface area contributed by atoms with Crippen molar-refractivity contribution in [2.45, 2.75) is 17.4 Å². The van der Waals surface area contributed by atoms with Gasteiger partial charge in [0.15, 0.2) is 0 Å². The average molecular weight is 313 g/mol. The molecule has 0 saturated carbocycles. The Labute approximate surface area is 122 Å². The molecule has 1 N–H and O–H groups in total. The van der Waals surface area contributed by atoms with E-state index in [0.29, 0.717) is 5.89 Å². The number of hydrogen-bond donors (Lipinski definition) is 1. The van der Waals surface area contributed by atoms with Gasteiger partial charge in [0.05, 0.1) is 17.2 Å². The highest BCUT2D eigenvalue weighted by molar-refractivity contribution is 8.00. The van der Waals surface area contributed by atoms with Crippen LogP contribution in [0.15, 0.2) is 27.2 Å². The van der Waals surface area contributed by atoms with Crippen LogP contribution in [-0.4, -0.2) is 34.6 Å². The van der Waals surface area contributed by atoms with Crippen molar-refractivity contribution in [1.82, 2.24) is 15.5 Å². The summed E-state index contributed by atoms with van der Waals surface area (Å²) < 4.78 is 9.78. The molecule has 0 radical (unpaired) electrons. The van der Waals surface area contributed by atoms with Gasteiger partial charge in [0, 0.05) is 0 Å². The molecule has 0 bridgehead atoms. The number of carbonyl (C=O) groups is 2. The van der Waals surface area contributed by atoms with E-state index < -0.39 is 17.3 Å². The molecule has 2 amide bonds. The van der Waals surface area contributed by atoms with Crippen LogP contribution in [0.3, 0.4) is 0 Å².